The van der Waals surface area contributed by atoms with E-state index in [0.29, 0.717) is 45.1 Å². The number of carbonyl (C=O) groups is 2. The molecule has 6 nitrogen and oxygen atoms in total. The Hall–Kier alpha value is -2.34. The number of piperidine rings is 1. The Kier molecular flexibility index (Phi) is 8.74. The van der Waals surface area contributed by atoms with Gasteiger partial charge >= 0.3 is 0 Å². The van der Waals surface area contributed by atoms with Crippen LogP contribution in [0.3, 0.4) is 0 Å². The zero-order valence-corrected chi connectivity index (χ0v) is 20.0. The molecule has 32 heavy (non-hydrogen) atoms. The molecule has 0 spiro atoms. The Morgan fingerprint density at radius 1 is 1.19 bits per heavy atom. The second-order valence-corrected chi connectivity index (χ2v) is 9.89. The van der Waals surface area contributed by atoms with Crippen LogP contribution >= 0.6 is 0 Å². The number of nitrogens with zero attached hydrogens (tertiary/aromatic N) is 2. The highest BCUT2D eigenvalue weighted by molar-refractivity contribution is 5.79. The van der Waals surface area contributed by atoms with Gasteiger partial charge in [0.1, 0.15) is 12.4 Å². The summed E-state index contributed by atoms with van der Waals surface area (Å²) in [5, 5.41) is 3.01. The van der Waals surface area contributed by atoms with Crippen molar-refractivity contribution >= 4 is 11.8 Å². The number of rotatable bonds is 5. The molecular weight excluding hydrogens is 402 g/mol. The van der Waals surface area contributed by atoms with Crippen molar-refractivity contribution in [3.8, 4) is 5.75 Å². The maximum absolute atomic E-state index is 13.3. The average Bonchev–Trinajstić information content (AvgIpc) is 2.72. The number of hydrogen-bond acceptors (Lipinski definition) is 4. The van der Waals surface area contributed by atoms with E-state index in [-0.39, 0.29) is 29.7 Å². The summed E-state index contributed by atoms with van der Waals surface area (Å²) < 4.78 is 6.10. The molecular formula is C26H39N3O3. The lowest BCUT2D eigenvalue weighted by molar-refractivity contribution is -0.135. The van der Waals surface area contributed by atoms with Crippen molar-refractivity contribution in [3.63, 3.8) is 0 Å². The number of fused-ring (bicyclic) bond motifs is 3. The van der Waals surface area contributed by atoms with E-state index >= 15 is 0 Å². The van der Waals surface area contributed by atoms with E-state index in [1.165, 1.54) is 0 Å². The number of hydrogen-bond donors (Lipinski definition) is 1. The Balaban J connectivity index is 1.80. The van der Waals surface area contributed by atoms with Gasteiger partial charge in [-0.15, -0.1) is 0 Å². The first-order valence-electron chi connectivity index (χ1n) is 12.0. The van der Waals surface area contributed by atoms with Gasteiger partial charge in [-0.2, -0.15) is 0 Å². The molecule has 0 aromatic heterocycles. The summed E-state index contributed by atoms with van der Waals surface area (Å²) in [5.41, 5.74) is 1.11. The van der Waals surface area contributed by atoms with Crippen LogP contribution in [0.4, 0.5) is 0 Å². The molecule has 2 bridgehead atoms. The van der Waals surface area contributed by atoms with Crippen LogP contribution in [0, 0.1) is 17.8 Å². The molecule has 1 fully saturated rings. The van der Waals surface area contributed by atoms with Crippen molar-refractivity contribution in [2.45, 2.75) is 53.1 Å². The highest BCUT2D eigenvalue weighted by Gasteiger charge is 2.32. The molecule has 2 aliphatic rings. The lowest BCUT2D eigenvalue weighted by Gasteiger charge is -2.38. The quantitative estimate of drug-likeness (QED) is 0.711. The van der Waals surface area contributed by atoms with Crippen molar-refractivity contribution in [1.29, 1.82) is 0 Å². The Labute approximate surface area is 193 Å². The Morgan fingerprint density at radius 3 is 2.72 bits per heavy atom. The first-order chi connectivity index (χ1) is 15.3. The monoisotopic (exact) mass is 441 g/mol. The number of para-hydroxylation sites is 1. The second-order valence-electron chi connectivity index (χ2n) is 9.89. The van der Waals surface area contributed by atoms with Gasteiger partial charge in [-0.3, -0.25) is 14.5 Å². The van der Waals surface area contributed by atoms with E-state index in [0.717, 1.165) is 24.3 Å². The Bertz CT molecular complexity index is 805. The summed E-state index contributed by atoms with van der Waals surface area (Å²) in [6.45, 7) is 12.1. The summed E-state index contributed by atoms with van der Waals surface area (Å²) in [4.78, 5) is 29.9. The molecule has 3 rings (SSSR count). The second kappa shape index (κ2) is 11.5. The topological polar surface area (TPSA) is 61.9 Å². The van der Waals surface area contributed by atoms with Gasteiger partial charge in [0.15, 0.2) is 0 Å². The highest BCUT2D eigenvalue weighted by Crippen LogP contribution is 2.29. The van der Waals surface area contributed by atoms with Crippen molar-refractivity contribution in [3.05, 3.63) is 42.0 Å². The fraction of sp³-hybridized carbons (Fsp3) is 0.615. The van der Waals surface area contributed by atoms with E-state index in [1.54, 1.807) is 0 Å². The predicted octanol–water partition coefficient (Wildman–Crippen LogP) is 3.47. The van der Waals surface area contributed by atoms with Gasteiger partial charge in [-0.05, 0) is 44.1 Å². The minimum Gasteiger partial charge on any atom is -0.489 e. The number of carbonyl (C=O) groups excluding carboxylic acids is 2. The molecule has 2 aliphatic heterocycles. The fourth-order valence-electron chi connectivity index (χ4n) is 4.72. The van der Waals surface area contributed by atoms with E-state index in [4.69, 9.17) is 4.74 Å². The smallest absolute Gasteiger partial charge is 0.236 e. The molecule has 6 heteroatoms. The molecule has 2 amide bonds. The van der Waals surface area contributed by atoms with Crippen molar-refractivity contribution in [2.24, 2.45) is 17.8 Å². The van der Waals surface area contributed by atoms with Gasteiger partial charge in [-0.1, -0.05) is 44.2 Å². The summed E-state index contributed by atoms with van der Waals surface area (Å²) in [7, 11) is 0. The normalized spacial score (nSPS) is 23.6. The number of benzene rings is 1. The lowest BCUT2D eigenvalue weighted by Crippen LogP contribution is -2.48. The third kappa shape index (κ3) is 7.09. The number of nitrogens with one attached hydrogen (secondary N) is 1. The summed E-state index contributed by atoms with van der Waals surface area (Å²) >= 11 is 0. The average molecular weight is 442 g/mol. The van der Waals surface area contributed by atoms with Gasteiger partial charge in [0.25, 0.3) is 0 Å². The van der Waals surface area contributed by atoms with Crippen LogP contribution in [0.25, 0.3) is 0 Å². The molecule has 0 radical (unpaired) electrons. The fourth-order valence-corrected chi connectivity index (χ4v) is 4.72. The first-order valence-corrected chi connectivity index (χ1v) is 12.0. The molecule has 0 saturated carbocycles. The molecule has 0 unspecified atom stereocenters. The predicted molar refractivity (Wildman–Crippen MR) is 127 cm³/mol. The molecule has 176 valence electrons. The van der Waals surface area contributed by atoms with Gasteiger partial charge in [0.2, 0.25) is 11.8 Å². The summed E-state index contributed by atoms with van der Waals surface area (Å²) in [5.74, 6) is 1.99. The van der Waals surface area contributed by atoms with Crippen molar-refractivity contribution in [1.82, 2.24) is 15.1 Å². The zero-order chi connectivity index (χ0) is 23.1. The standard InChI is InChI=1S/C26H39N3O3/c1-19(2)15-28-16-23-8-5-6-10-24(23)32-13-7-9-22-17-29(26(31)18-28)12-11-21(22)14-25(30)27-20(3)4/h5-10,19-22H,11-18H2,1-4H3,(H,27,30)/b9-7+/t21-,22-/m0/s1. The zero-order valence-electron chi connectivity index (χ0n) is 20.0. The molecule has 0 aliphatic carbocycles. The number of amides is 2. The van der Waals surface area contributed by atoms with E-state index in [9.17, 15) is 9.59 Å². The van der Waals surface area contributed by atoms with Crippen LogP contribution in [0.5, 0.6) is 5.75 Å². The lowest BCUT2D eigenvalue weighted by atomic mass is 9.82. The summed E-state index contributed by atoms with van der Waals surface area (Å²) in [6.07, 6.45) is 5.54. The minimum atomic E-state index is 0.0920. The maximum atomic E-state index is 13.3. The highest BCUT2D eigenvalue weighted by atomic mass is 16.5. The van der Waals surface area contributed by atoms with Crippen LogP contribution in [0.15, 0.2) is 36.4 Å². The SMILES string of the molecule is CC(C)CN1CC(=O)N2CC[C@@H](CC(=O)NC(C)C)[C@@H](/C=C/COc3ccccc3C1)C2. The van der Waals surface area contributed by atoms with Crippen molar-refractivity contribution < 1.29 is 14.3 Å². The van der Waals surface area contributed by atoms with Gasteiger partial charge < -0.3 is 15.0 Å². The molecule has 1 saturated heterocycles. The van der Waals surface area contributed by atoms with Crippen LogP contribution in [0.2, 0.25) is 0 Å². The third-order valence-electron chi connectivity index (χ3n) is 6.12. The van der Waals surface area contributed by atoms with Gasteiger partial charge in [0, 0.05) is 44.2 Å². The van der Waals surface area contributed by atoms with E-state index in [1.807, 2.05) is 43.0 Å². The Morgan fingerprint density at radius 2 is 1.97 bits per heavy atom. The van der Waals surface area contributed by atoms with Gasteiger partial charge in [-0.25, -0.2) is 0 Å². The minimum absolute atomic E-state index is 0.0920. The van der Waals surface area contributed by atoms with Crippen LogP contribution in [-0.2, 0) is 16.1 Å². The third-order valence-corrected chi connectivity index (χ3v) is 6.12. The largest absolute Gasteiger partial charge is 0.489 e. The maximum Gasteiger partial charge on any atom is 0.236 e. The van der Waals surface area contributed by atoms with E-state index in [2.05, 4.69) is 36.2 Å². The molecule has 1 N–H and O–H groups in total. The molecule has 1 aromatic carbocycles. The van der Waals surface area contributed by atoms with E-state index < -0.39 is 0 Å². The van der Waals surface area contributed by atoms with Gasteiger partial charge in [0.05, 0.1) is 6.54 Å². The first kappa shape index (κ1) is 24.3. The van der Waals surface area contributed by atoms with Crippen LogP contribution in [0.1, 0.15) is 46.1 Å². The summed E-state index contributed by atoms with van der Waals surface area (Å²) in [6, 6.07) is 8.23. The van der Waals surface area contributed by atoms with Crippen LogP contribution in [-0.4, -0.2) is 60.4 Å². The van der Waals surface area contributed by atoms with Crippen molar-refractivity contribution in [2.75, 3.05) is 32.8 Å². The molecule has 2 atom stereocenters. The number of ether oxygens (including phenoxy) is 1. The molecule has 1 aromatic rings. The van der Waals surface area contributed by atoms with Crippen LogP contribution < -0.4 is 10.1 Å². The molecule has 2 heterocycles.